The van der Waals surface area contributed by atoms with Crippen LogP contribution in [0.15, 0.2) is 53.6 Å². The van der Waals surface area contributed by atoms with Gasteiger partial charge in [0, 0.05) is 17.3 Å². The summed E-state index contributed by atoms with van der Waals surface area (Å²) in [4.78, 5) is 8.95. The van der Waals surface area contributed by atoms with Gasteiger partial charge < -0.3 is 10.1 Å². The summed E-state index contributed by atoms with van der Waals surface area (Å²) in [6, 6.07) is 12.3. The van der Waals surface area contributed by atoms with Gasteiger partial charge >= 0.3 is 0 Å². The van der Waals surface area contributed by atoms with Gasteiger partial charge in [-0.1, -0.05) is 6.92 Å². The van der Waals surface area contributed by atoms with Crippen molar-refractivity contribution in [3.05, 3.63) is 48.7 Å². The molecule has 6 nitrogen and oxygen atoms in total. The Kier molecular flexibility index (Phi) is 4.35. The predicted molar refractivity (Wildman–Crippen MR) is 93.5 cm³/mol. The number of fused-ring (bicyclic) bond motifs is 1. The molecule has 0 spiro atoms. The van der Waals surface area contributed by atoms with Gasteiger partial charge in [-0.05, 0) is 42.5 Å². The first-order valence-corrected chi connectivity index (χ1v) is 9.07. The maximum absolute atomic E-state index is 11.9. The molecule has 1 heterocycles. The summed E-state index contributed by atoms with van der Waals surface area (Å²) in [5, 5.41) is 3.79. The Morgan fingerprint density at radius 2 is 1.88 bits per heavy atom. The van der Waals surface area contributed by atoms with Crippen molar-refractivity contribution < 1.29 is 13.2 Å². The van der Waals surface area contributed by atoms with Gasteiger partial charge in [-0.3, -0.25) is 0 Å². The fourth-order valence-electron chi connectivity index (χ4n) is 2.24. The van der Waals surface area contributed by atoms with Crippen LogP contribution in [0.3, 0.4) is 0 Å². The maximum atomic E-state index is 11.9. The normalized spacial score (nSPS) is 11.4. The molecule has 0 saturated carbocycles. The van der Waals surface area contributed by atoms with E-state index in [2.05, 4.69) is 15.3 Å². The number of aromatic nitrogens is 2. The highest BCUT2D eigenvalue weighted by Crippen LogP contribution is 2.21. The number of anilines is 2. The summed E-state index contributed by atoms with van der Waals surface area (Å²) in [5.41, 5.74) is 1.51. The molecule has 0 amide bonds. The molecular formula is C17H17N3O3S. The van der Waals surface area contributed by atoms with E-state index < -0.39 is 9.84 Å². The highest BCUT2D eigenvalue weighted by molar-refractivity contribution is 7.91. The third kappa shape index (κ3) is 3.30. The molecule has 3 aromatic rings. The van der Waals surface area contributed by atoms with E-state index in [1.807, 2.05) is 24.3 Å². The molecule has 0 aliphatic heterocycles. The Morgan fingerprint density at radius 3 is 2.54 bits per heavy atom. The molecule has 0 saturated heterocycles. The van der Waals surface area contributed by atoms with Crippen molar-refractivity contribution >= 4 is 32.4 Å². The fourth-order valence-corrected chi connectivity index (χ4v) is 3.15. The van der Waals surface area contributed by atoms with Crippen LogP contribution in [-0.4, -0.2) is 31.2 Å². The smallest absolute Gasteiger partial charge is 0.227 e. The Morgan fingerprint density at radius 1 is 1.12 bits per heavy atom. The van der Waals surface area contributed by atoms with Crippen LogP contribution in [0.4, 0.5) is 11.6 Å². The van der Waals surface area contributed by atoms with E-state index in [0.717, 1.165) is 11.4 Å². The third-order valence-corrected chi connectivity index (χ3v) is 5.37. The van der Waals surface area contributed by atoms with E-state index in [9.17, 15) is 8.42 Å². The van der Waals surface area contributed by atoms with E-state index in [1.54, 1.807) is 38.4 Å². The zero-order chi connectivity index (χ0) is 17.2. The van der Waals surface area contributed by atoms with E-state index in [4.69, 9.17) is 4.74 Å². The number of rotatable bonds is 5. The van der Waals surface area contributed by atoms with Gasteiger partial charge in [-0.15, -0.1) is 0 Å². The summed E-state index contributed by atoms with van der Waals surface area (Å²) in [5.74, 6) is 1.28. The van der Waals surface area contributed by atoms with Crippen LogP contribution in [0.1, 0.15) is 6.92 Å². The Balaban J connectivity index is 1.89. The quantitative estimate of drug-likeness (QED) is 0.766. The van der Waals surface area contributed by atoms with Crippen LogP contribution in [0.5, 0.6) is 5.75 Å². The lowest BCUT2D eigenvalue weighted by Crippen LogP contribution is -2.04. The zero-order valence-electron chi connectivity index (χ0n) is 13.4. The van der Waals surface area contributed by atoms with Crippen LogP contribution in [0.25, 0.3) is 10.9 Å². The molecular weight excluding hydrogens is 326 g/mol. The number of benzene rings is 2. The summed E-state index contributed by atoms with van der Waals surface area (Å²) in [6.07, 6.45) is 1.61. The van der Waals surface area contributed by atoms with Gasteiger partial charge in [0.25, 0.3) is 0 Å². The van der Waals surface area contributed by atoms with E-state index in [1.165, 1.54) is 0 Å². The Bertz CT molecular complexity index is 970. The summed E-state index contributed by atoms with van der Waals surface area (Å²) in [6.45, 7) is 1.62. The molecule has 0 atom stereocenters. The van der Waals surface area contributed by atoms with Gasteiger partial charge in [-0.2, -0.15) is 0 Å². The molecule has 1 N–H and O–H groups in total. The van der Waals surface area contributed by atoms with E-state index in [0.29, 0.717) is 16.9 Å². The van der Waals surface area contributed by atoms with Gasteiger partial charge in [0.1, 0.15) is 5.75 Å². The van der Waals surface area contributed by atoms with Crippen LogP contribution < -0.4 is 10.1 Å². The maximum Gasteiger partial charge on any atom is 0.227 e. The Hall–Kier alpha value is -2.67. The van der Waals surface area contributed by atoms with Crippen molar-refractivity contribution in [2.24, 2.45) is 0 Å². The molecule has 3 rings (SSSR count). The van der Waals surface area contributed by atoms with Crippen molar-refractivity contribution in [3.63, 3.8) is 0 Å². The minimum atomic E-state index is -3.24. The molecule has 0 fully saturated rings. The average Bonchev–Trinajstić information content (AvgIpc) is 2.62. The number of sulfone groups is 1. The molecule has 0 aliphatic carbocycles. The van der Waals surface area contributed by atoms with Crippen LogP contribution >= 0.6 is 0 Å². The van der Waals surface area contributed by atoms with Gasteiger partial charge in [0.15, 0.2) is 9.84 Å². The lowest BCUT2D eigenvalue weighted by Gasteiger charge is -2.07. The third-order valence-electron chi connectivity index (χ3n) is 3.64. The minimum Gasteiger partial charge on any atom is -0.497 e. The van der Waals surface area contributed by atoms with Crippen molar-refractivity contribution in [2.45, 2.75) is 11.8 Å². The number of nitrogens with zero attached hydrogens (tertiary/aromatic N) is 2. The van der Waals surface area contributed by atoms with Crippen molar-refractivity contribution in [1.82, 2.24) is 9.97 Å². The molecule has 7 heteroatoms. The molecule has 2 aromatic carbocycles. The molecule has 124 valence electrons. The van der Waals surface area contributed by atoms with E-state index >= 15 is 0 Å². The second-order valence-electron chi connectivity index (χ2n) is 5.17. The number of hydrogen-bond acceptors (Lipinski definition) is 6. The number of hydrogen-bond donors (Lipinski definition) is 1. The largest absolute Gasteiger partial charge is 0.497 e. The lowest BCUT2D eigenvalue weighted by molar-refractivity contribution is 0.415. The molecule has 0 aliphatic rings. The molecule has 0 radical (unpaired) electrons. The SMILES string of the molecule is CCS(=O)(=O)c1ccc2nc(Nc3ccc(OC)cc3)ncc2c1. The van der Waals surface area contributed by atoms with Gasteiger partial charge in [-0.25, -0.2) is 18.4 Å². The topological polar surface area (TPSA) is 81.2 Å². The minimum absolute atomic E-state index is 0.0659. The number of methoxy groups -OCH3 is 1. The monoisotopic (exact) mass is 343 g/mol. The standard InChI is InChI=1S/C17H17N3O3S/c1-3-24(21,22)15-8-9-16-12(10-15)11-18-17(20-16)19-13-4-6-14(23-2)7-5-13/h4-11H,3H2,1-2H3,(H,18,19,20). The summed E-state index contributed by atoms with van der Waals surface area (Å²) >= 11 is 0. The first kappa shape index (κ1) is 16.2. The molecule has 1 aromatic heterocycles. The number of ether oxygens (including phenoxy) is 1. The van der Waals surface area contributed by atoms with E-state index in [-0.39, 0.29) is 10.6 Å². The van der Waals surface area contributed by atoms with Crippen LogP contribution in [0.2, 0.25) is 0 Å². The second-order valence-corrected chi connectivity index (χ2v) is 7.45. The molecule has 0 bridgehead atoms. The lowest BCUT2D eigenvalue weighted by atomic mass is 10.2. The van der Waals surface area contributed by atoms with Crippen molar-refractivity contribution in [1.29, 1.82) is 0 Å². The second kappa shape index (κ2) is 6.45. The predicted octanol–water partition coefficient (Wildman–Crippen LogP) is 3.18. The first-order valence-electron chi connectivity index (χ1n) is 7.42. The van der Waals surface area contributed by atoms with Crippen molar-refractivity contribution in [3.8, 4) is 5.75 Å². The highest BCUT2D eigenvalue weighted by atomic mass is 32.2. The molecule has 0 unspecified atom stereocenters. The molecule has 24 heavy (non-hydrogen) atoms. The summed E-state index contributed by atoms with van der Waals surface area (Å²) in [7, 11) is -1.63. The van der Waals surface area contributed by atoms with Gasteiger partial charge in [0.05, 0.1) is 23.3 Å². The zero-order valence-corrected chi connectivity index (χ0v) is 14.2. The average molecular weight is 343 g/mol. The Labute approximate surface area is 140 Å². The van der Waals surface area contributed by atoms with Crippen LogP contribution in [0, 0.1) is 0 Å². The number of nitrogens with one attached hydrogen (secondary N) is 1. The van der Waals surface area contributed by atoms with Gasteiger partial charge in [0.2, 0.25) is 5.95 Å². The summed E-state index contributed by atoms with van der Waals surface area (Å²) < 4.78 is 29.0. The fraction of sp³-hybridized carbons (Fsp3) is 0.176. The van der Waals surface area contributed by atoms with Crippen molar-refractivity contribution in [2.75, 3.05) is 18.2 Å². The van der Waals surface area contributed by atoms with Crippen LogP contribution in [-0.2, 0) is 9.84 Å². The first-order chi connectivity index (χ1) is 11.5. The highest BCUT2D eigenvalue weighted by Gasteiger charge is 2.12.